The summed E-state index contributed by atoms with van der Waals surface area (Å²) in [5.74, 6) is -0.0829. The summed E-state index contributed by atoms with van der Waals surface area (Å²) in [5, 5.41) is 6.38. The molecule has 0 unspecified atom stereocenters. The second kappa shape index (κ2) is 9.08. The van der Waals surface area contributed by atoms with Crippen molar-refractivity contribution in [2.45, 2.75) is 50.9 Å². The Morgan fingerprint density at radius 1 is 1.07 bits per heavy atom. The lowest BCUT2D eigenvalue weighted by molar-refractivity contribution is -0.137. The standard InChI is InChI=1S/C22H24ClF3N2O/c1-14(27-17-5-3-2-4-6-17)15-7-10-18(11-8-15)28-21(29)19-13-16(22(24,25)26)9-12-20(19)23/h2-6,9,12-15,18,27H,7-8,10-11H2,1H3,(H,28,29)/t14-,15-,18-/m1/s1. The van der Waals surface area contributed by atoms with Crippen LogP contribution in [-0.2, 0) is 6.18 Å². The minimum absolute atomic E-state index is 0.0184. The van der Waals surface area contributed by atoms with E-state index in [1.165, 1.54) is 0 Å². The number of benzene rings is 2. The molecule has 1 saturated carbocycles. The summed E-state index contributed by atoms with van der Waals surface area (Å²) in [6, 6.07) is 13.1. The van der Waals surface area contributed by atoms with Crippen molar-refractivity contribution in [2.24, 2.45) is 5.92 Å². The minimum atomic E-state index is -4.51. The molecule has 0 aliphatic heterocycles. The SMILES string of the molecule is C[C@@H](Nc1ccccc1)[C@H]1CC[C@H](NC(=O)c2cc(C(F)(F)F)ccc2Cl)CC1. The molecule has 2 aromatic rings. The van der Waals surface area contributed by atoms with Crippen molar-refractivity contribution in [3.63, 3.8) is 0 Å². The summed E-state index contributed by atoms with van der Waals surface area (Å²) >= 11 is 5.96. The van der Waals surface area contributed by atoms with E-state index in [1.807, 2.05) is 30.3 Å². The van der Waals surface area contributed by atoms with Gasteiger partial charge in [-0.25, -0.2) is 0 Å². The number of hydrogen-bond donors (Lipinski definition) is 2. The molecule has 2 N–H and O–H groups in total. The van der Waals surface area contributed by atoms with Crippen LogP contribution in [0, 0.1) is 5.92 Å². The van der Waals surface area contributed by atoms with Crippen molar-refractivity contribution in [1.29, 1.82) is 0 Å². The molecule has 0 spiro atoms. The lowest BCUT2D eigenvalue weighted by atomic mass is 9.82. The fourth-order valence-electron chi connectivity index (χ4n) is 3.82. The Morgan fingerprint density at radius 2 is 1.72 bits per heavy atom. The van der Waals surface area contributed by atoms with Gasteiger partial charge in [0.25, 0.3) is 5.91 Å². The van der Waals surface area contributed by atoms with E-state index in [9.17, 15) is 18.0 Å². The zero-order chi connectivity index (χ0) is 21.0. The van der Waals surface area contributed by atoms with Gasteiger partial charge in [-0.05, 0) is 68.9 Å². The Balaban J connectivity index is 1.55. The number of nitrogens with one attached hydrogen (secondary N) is 2. The summed E-state index contributed by atoms with van der Waals surface area (Å²) in [6.45, 7) is 2.15. The van der Waals surface area contributed by atoms with Crippen molar-refractivity contribution >= 4 is 23.2 Å². The largest absolute Gasteiger partial charge is 0.416 e. The van der Waals surface area contributed by atoms with Crippen molar-refractivity contribution < 1.29 is 18.0 Å². The van der Waals surface area contributed by atoms with Gasteiger partial charge in [0, 0.05) is 17.8 Å². The predicted molar refractivity (Wildman–Crippen MR) is 109 cm³/mol. The number of para-hydroxylation sites is 1. The number of anilines is 1. The highest BCUT2D eigenvalue weighted by Gasteiger charge is 2.32. The Bertz CT molecular complexity index is 834. The first kappa shape index (κ1) is 21.5. The molecular formula is C22H24ClF3N2O. The van der Waals surface area contributed by atoms with Gasteiger partial charge in [0.2, 0.25) is 0 Å². The lowest BCUT2D eigenvalue weighted by Crippen LogP contribution is -2.40. The molecule has 0 saturated heterocycles. The Morgan fingerprint density at radius 3 is 2.34 bits per heavy atom. The third kappa shape index (κ3) is 5.66. The molecule has 156 valence electrons. The van der Waals surface area contributed by atoms with E-state index in [2.05, 4.69) is 17.6 Å². The van der Waals surface area contributed by atoms with Gasteiger partial charge in [0.15, 0.2) is 0 Å². The van der Waals surface area contributed by atoms with Crippen LogP contribution < -0.4 is 10.6 Å². The average molecular weight is 425 g/mol. The van der Waals surface area contributed by atoms with Gasteiger partial charge < -0.3 is 10.6 Å². The van der Waals surface area contributed by atoms with Gasteiger partial charge in [-0.3, -0.25) is 4.79 Å². The topological polar surface area (TPSA) is 41.1 Å². The summed E-state index contributed by atoms with van der Waals surface area (Å²) in [4.78, 5) is 12.5. The fraction of sp³-hybridized carbons (Fsp3) is 0.409. The number of carbonyl (C=O) groups excluding carboxylic acids is 1. The summed E-state index contributed by atoms with van der Waals surface area (Å²) in [7, 11) is 0. The molecule has 0 bridgehead atoms. The summed E-state index contributed by atoms with van der Waals surface area (Å²) in [5.41, 5.74) is 0.0638. The summed E-state index contributed by atoms with van der Waals surface area (Å²) in [6.07, 6.45) is -1.08. The Labute approximate surface area is 173 Å². The van der Waals surface area contributed by atoms with Crippen molar-refractivity contribution in [1.82, 2.24) is 5.32 Å². The van der Waals surface area contributed by atoms with Crippen LogP contribution in [0.1, 0.15) is 48.5 Å². The Kier molecular flexibility index (Phi) is 6.73. The molecule has 0 radical (unpaired) electrons. The van der Waals surface area contributed by atoms with Crippen molar-refractivity contribution in [2.75, 3.05) is 5.32 Å². The van der Waals surface area contributed by atoms with Crippen molar-refractivity contribution in [3.8, 4) is 0 Å². The van der Waals surface area contributed by atoms with Gasteiger partial charge in [-0.15, -0.1) is 0 Å². The van der Waals surface area contributed by atoms with Gasteiger partial charge in [0.1, 0.15) is 0 Å². The predicted octanol–water partition coefficient (Wildman–Crippen LogP) is 6.15. The van der Waals surface area contributed by atoms with Crippen LogP contribution in [0.15, 0.2) is 48.5 Å². The molecule has 1 aliphatic rings. The van der Waals surface area contributed by atoms with Crippen LogP contribution in [0.2, 0.25) is 5.02 Å². The third-order valence-electron chi connectivity index (χ3n) is 5.52. The second-order valence-corrected chi connectivity index (χ2v) is 7.98. The van der Waals surface area contributed by atoms with E-state index < -0.39 is 17.6 Å². The zero-order valence-electron chi connectivity index (χ0n) is 16.1. The average Bonchev–Trinajstić information content (AvgIpc) is 2.68. The maximum absolute atomic E-state index is 12.9. The maximum atomic E-state index is 12.9. The van der Waals surface area contributed by atoms with E-state index in [4.69, 9.17) is 11.6 Å². The van der Waals surface area contributed by atoms with E-state index >= 15 is 0 Å². The van der Waals surface area contributed by atoms with E-state index in [-0.39, 0.29) is 16.6 Å². The number of carbonyl (C=O) groups is 1. The van der Waals surface area contributed by atoms with Crippen LogP contribution in [0.25, 0.3) is 0 Å². The van der Waals surface area contributed by atoms with Crippen LogP contribution >= 0.6 is 11.6 Å². The van der Waals surface area contributed by atoms with Gasteiger partial charge >= 0.3 is 6.18 Å². The van der Waals surface area contributed by atoms with E-state index in [0.29, 0.717) is 12.0 Å². The van der Waals surface area contributed by atoms with Gasteiger partial charge in [-0.1, -0.05) is 29.8 Å². The highest BCUT2D eigenvalue weighted by Crippen LogP contribution is 2.32. The molecular weight excluding hydrogens is 401 g/mol. The number of hydrogen-bond acceptors (Lipinski definition) is 2. The first-order valence-corrected chi connectivity index (χ1v) is 10.1. The normalized spacial score (nSPS) is 20.7. The Hall–Kier alpha value is -2.21. The number of rotatable bonds is 5. The fourth-order valence-corrected chi connectivity index (χ4v) is 4.02. The molecule has 3 rings (SSSR count). The molecule has 3 nitrogen and oxygen atoms in total. The molecule has 7 heteroatoms. The molecule has 1 atom stereocenters. The highest BCUT2D eigenvalue weighted by atomic mass is 35.5. The maximum Gasteiger partial charge on any atom is 0.416 e. The molecule has 2 aromatic carbocycles. The summed E-state index contributed by atoms with van der Waals surface area (Å²) < 4.78 is 38.7. The van der Waals surface area contributed by atoms with Crippen LogP contribution in [0.5, 0.6) is 0 Å². The monoisotopic (exact) mass is 424 g/mol. The van der Waals surface area contributed by atoms with Crippen LogP contribution in [0.4, 0.5) is 18.9 Å². The molecule has 0 aromatic heterocycles. The minimum Gasteiger partial charge on any atom is -0.382 e. The molecule has 29 heavy (non-hydrogen) atoms. The highest BCUT2D eigenvalue weighted by molar-refractivity contribution is 6.33. The number of halogens is 4. The van der Waals surface area contributed by atoms with Gasteiger partial charge in [0.05, 0.1) is 16.1 Å². The molecule has 1 fully saturated rings. The smallest absolute Gasteiger partial charge is 0.382 e. The quantitative estimate of drug-likeness (QED) is 0.604. The first-order valence-electron chi connectivity index (χ1n) is 9.73. The molecule has 1 amide bonds. The van der Waals surface area contributed by atoms with E-state index in [1.54, 1.807) is 0 Å². The van der Waals surface area contributed by atoms with E-state index in [0.717, 1.165) is 49.6 Å². The number of alkyl halides is 3. The van der Waals surface area contributed by atoms with Crippen LogP contribution in [-0.4, -0.2) is 18.0 Å². The zero-order valence-corrected chi connectivity index (χ0v) is 16.9. The van der Waals surface area contributed by atoms with Crippen molar-refractivity contribution in [3.05, 3.63) is 64.7 Å². The lowest BCUT2D eigenvalue weighted by Gasteiger charge is -2.33. The number of amides is 1. The second-order valence-electron chi connectivity index (χ2n) is 7.58. The first-order chi connectivity index (χ1) is 13.7. The third-order valence-corrected chi connectivity index (χ3v) is 5.85. The molecule has 0 heterocycles. The van der Waals surface area contributed by atoms with Gasteiger partial charge in [-0.2, -0.15) is 13.2 Å². The van der Waals surface area contributed by atoms with Crippen LogP contribution in [0.3, 0.4) is 0 Å². The molecule has 1 aliphatic carbocycles.